The third-order valence-electron chi connectivity index (χ3n) is 2.62. The van der Waals surface area contributed by atoms with Crippen LogP contribution in [0.1, 0.15) is 23.1 Å². The van der Waals surface area contributed by atoms with E-state index in [1.54, 1.807) is 17.0 Å². The van der Waals surface area contributed by atoms with Gasteiger partial charge in [0.2, 0.25) is 0 Å². The van der Waals surface area contributed by atoms with E-state index >= 15 is 0 Å². The zero-order valence-electron chi connectivity index (χ0n) is 10.1. The molecule has 0 amide bonds. The Morgan fingerprint density at radius 1 is 1.50 bits per heavy atom. The second-order valence-electron chi connectivity index (χ2n) is 3.66. The van der Waals surface area contributed by atoms with Crippen molar-refractivity contribution in [2.24, 2.45) is 0 Å². The van der Waals surface area contributed by atoms with Gasteiger partial charge in [0.1, 0.15) is 17.9 Å². The highest BCUT2D eigenvalue weighted by Crippen LogP contribution is 2.25. The van der Waals surface area contributed by atoms with Gasteiger partial charge >= 0.3 is 5.97 Å². The van der Waals surface area contributed by atoms with E-state index in [-0.39, 0.29) is 5.56 Å². The molecule has 0 saturated carbocycles. The summed E-state index contributed by atoms with van der Waals surface area (Å²) < 4.78 is 7.00. The molecular weight excluding hydrogens is 234 g/mol. The SMILES string of the molecule is CCc1nncn1-c1ccc(C(=O)O)cc1OC. The van der Waals surface area contributed by atoms with Gasteiger partial charge in [0.25, 0.3) is 0 Å². The lowest BCUT2D eigenvalue weighted by atomic mass is 10.2. The molecule has 0 spiro atoms. The zero-order chi connectivity index (χ0) is 13.1. The summed E-state index contributed by atoms with van der Waals surface area (Å²) in [6.45, 7) is 1.97. The molecule has 0 aliphatic carbocycles. The van der Waals surface area contributed by atoms with Crippen LogP contribution in [-0.2, 0) is 6.42 Å². The molecule has 6 heteroatoms. The topological polar surface area (TPSA) is 77.2 Å². The van der Waals surface area contributed by atoms with E-state index < -0.39 is 5.97 Å². The number of carboxylic acids is 1. The van der Waals surface area contributed by atoms with Gasteiger partial charge in [-0.3, -0.25) is 4.57 Å². The lowest BCUT2D eigenvalue weighted by Crippen LogP contribution is -2.04. The van der Waals surface area contributed by atoms with Gasteiger partial charge in [0.05, 0.1) is 18.4 Å². The van der Waals surface area contributed by atoms with E-state index in [1.165, 1.54) is 19.2 Å². The molecule has 1 aromatic heterocycles. The summed E-state index contributed by atoms with van der Waals surface area (Å²) in [7, 11) is 1.50. The highest BCUT2D eigenvalue weighted by Gasteiger charge is 2.12. The van der Waals surface area contributed by atoms with Crippen molar-refractivity contribution in [3.63, 3.8) is 0 Å². The molecule has 0 radical (unpaired) electrons. The number of benzene rings is 1. The van der Waals surface area contributed by atoms with Crippen molar-refractivity contribution in [1.29, 1.82) is 0 Å². The fourth-order valence-electron chi connectivity index (χ4n) is 1.71. The second kappa shape index (κ2) is 4.87. The first-order valence-corrected chi connectivity index (χ1v) is 5.48. The van der Waals surface area contributed by atoms with Gasteiger partial charge in [-0.2, -0.15) is 0 Å². The molecule has 2 rings (SSSR count). The Morgan fingerprint density at radius 2 is 2.28 bits per heavy atom. The van der Waals surface area contributed by atoms with Gasteiger partial charge in [-0.25, -0.2) is 4.79 Å². The van der Waals surface area contributed by atoms with E-state index in [0.717, 1.165) is 17.9 Å². The van der Waals surface area contributed by atoms with Gasteiger partial charge < -0.3 is 9.84 Å². The minimum Gasteiger partial charge on any atom is -0.495 e. The predicted octanol–water partition coefficient (Wildman–Crippen LogP) is 1.54. The number of rotatable bonds is 4. The van der Waals surface area contributed by atoms with Crippen molar-refractivity contribution < 1.29 is 14.6 Å². The van der Waals surface area contributed by atoms with Crippen molar-refractivity contribution in [3.05, 3.63) is 35.9 Å². The molecule has 18 heavy (non-hydrogen) atoms. The van der Waals surface area contributed by atoms with E-state index in [9.17, 15) is 4.79 Å². The number of hydrogen-bond acceptors (Lipinski definition) is 4. The summed E-state index contributed by atoms with van der Waals surface area (Å²) in [5.41, 5.74) is 0.908. The van der Waals surface area contributed by atoms with Crippen LogP contribution in [0.4, 0.5) is 0 Å². The van der Waals surface area contributed by atoms with Crippen LogP contribution in [0.5, 0.6) is 5.75 Å². The molecular formula is C12H13N3O3. The summed E-state index contributed by atoms with van der Waals surface area (Å²) in [4.78, 5) is 10.9. The monoisotopic (exact) mass is 247 g/mol. The van der Waals surface area contributed by atoms with Crippen molar-refractivity contribution >= 4 is 5.97 Å². The van der Waals surface area contributed by atoms with Crippen LogP contribution >= 0.6 is 0 Å². The Hall–Kier alpha value is -2.37. The van der Waals surface area contributed by atoms with E-state index in [0.29, 0.717) is 5.75 Å². The van der Waals surface area contributed by atoms with E-state index in [2.05, 4.69) is 10.2 Å². The van der Waals surface area contributed by atoms with Crippen LogP contribution < -0.4 is 4.74 Å². The predicted molar refractivity (Wildman–Crippen MR) is 64.2 cm³/mol. The van der Waals surface area contributed by atoms with Crippen molar-refractivity contribution in [2.45, 2.75) is 13.3 Å². The number of aromatic carboxylic acids is 1. The Morgan fingerprint density at radius 3 is 2.89 bits per heavy atom. The van der Waals surface area contributed by atoms with Crippen LogP contribution in [0.2, 0.25) is 0 Å². The first-order valence-electron chi connectivity index (χ1n) is 5.48. The third-order valence-corrected chi connectivity index (χ3v) is 2.62. The number of methoxy groups -OCH3 is 1. The quantitative estimate of drug-likeness (QED) is 0.886. The summed E-state index contributed by atoms with van der Waals surface area (Å²) in [5, 5.41) is 16.8. The smallest absolute Gasteiger partial charge is 0.335 e. The molecule has 6 nitrogen and oxygen atoms in total. The fourth-order valence-corrected chi connectivity index (χ4v) is 1.71. The number of ether oxygens (including phenoxy) is 1. The van der Waals surface area contributed by atoms with Crippen LogP contribution in [-0.4, -0.2) is 33.0 Å². The lowest BCUT2D eigenvalue weighted by molar-refractivity contribution is 0.0696. The van der Waals surface area contributed by atoms with Crippen molar-refractivity contribution in [3.8, 4) is 11.4 Å². The molecule has 2 aromatic rings. The number of carbonyl (C=O) groups is 1. The Kier molecular flexibility index (Phi) is 3.27. The molecule has 0 unspecified atom stereocenters. The molecule has 0 fully saturated rings. The van der Waals surface area contributed by atoms with Crippen molar-refractivity contribution in [1.82, 2.24) is 14.8 Å². The Labute approximate surface area is 104 Å². The van der Waals surface area contributed by atoms with Gasteiger partial charge in [0.15, 0.2) is 0 Å². The molecule has 0 atom stereocenters. The average molecular weight is 247 g/mol. The average Bonchev–Trinajstić information content (AvgIpc) is 2.85. The molecule has 0 bridgehead atoms. The summed E-state index contributed by atoms with van der Waals surface area (Å²) >= 11 is 0. The van der Waals surface area contributed by atoms with Gasteiger partial charge in [-0.05, 0) is 18.2 Å². The van der Waals surface area contributed by atoms with Crippen LogP contribution in [0.15, 0.2) is 24.5 Å². The summed E-state index contributed by atoms with van der Waals surface area (Å²) in [6, 6.07) is 4.70. The summed E-state index contributed by atoms with van der Waals surface area (Å²) in [6.07, 6.45) is 2.31. The molecule has 0 aliphatic heterocycles. The molecule has 1 N–H and O–H groups in total. The Bertz CT molecular complexity index is 578. The van der Waals surface area contributed by atoms with E-state index in [1.807, 2.05) is 6.92 Å². The van der Waals surface area contributed by atoms with Crippen LogP contribution in [0, 0.1) is 0 Å². The Balaban J connectivity index is 2.54. The van der Waals surface area contributed by atoms with Gasteiger partial charge in [0, 0.05) is 6.42 Å². The minimum atomic E-state index is -0.987. The number of hydrogen-bond donors (Lipinski definition) is 1. The lowest BCUT2D eigenvalue weighted by Gasteiger charge is -2.11. The maximum Gasteiger partial charge on any atom is 0.335 e. The minimum absolute atomic E-state index is 0.182. The first-order chi connectivity index (χ1) is 8.67. The van der Waals surface area contributed by atoms with E-state index in [4.69, 9.17) is 9.84 Å². The third kappa shape index (κ3) is 2.04. The molecule has 1 aromatic carbocycles. The molecule has 0 saturated heterocycles. The van der Waals surface area contributed by atoms with Crippen LogP contribution in [0.3, 0.4) is 0 Å². The number of carboxylic acid groups (broad SMARTS) is 1. The van der Waals surface area contributed by atoms with Gasteiger partial charge in [-0.1, -0.05) is 6.92 Å². The van der Waals surface area contributed by atoms with Crippen LogP contribution in [0.25, 0.3) is 5.69 Å². The summed E-state index contributed by atoms with van der Waals surface area (Å²) in [5.74, 6) is 0.278. The highest BCUT2D eigenvalue weighted by molar-refractivity contribution is 5.88. The molecule has 0 aliphatic rings. The number of nitrogens with zero attached hydrogens (tertiary/aromatic N) is 3. The fraction of sp³-hybridized carbons (Fsp3) is 0.250. The maximum absolute atomic E-state index is 10.9. The number of aryl methyl sites for hydroxylation is 1. The normalized spacial score (nSPS) is 10.3. The highest BCUT2D eigenvalue weighted by atomic mass is 16.5. The second-order valence-corrected chi connectivity index (χ2v) is 3.66. The largest absolute Gasteiger partial charge is 0.495 e. The number of aromatic nitrogens is 3. The maximum atomic E-state index is 10.9. The first kappa shape index (κ1) is 12.1. The molecule has 1 heterocycles. The van der Waals surface area contributed by atoms with Gasteiger partial charge in [-0.15, -0.1) is 10.2 Å². The zero-order valence-corrected chi connectivity index (χ0v) is 10.1. The van der Waals surface area contributed by atoms with Crippen molar-refractivity contribution in [2.75, 3.05) is 7.11 Å². The standard InChI is InChI=1S/C12H13N3O3/c1-3-11-14-13-7-15(11)9-5-4-8(12(16)17)6-10(9)18-2/h4-7H,3H2,1-2H3,(H,16,17). The molecule has 94 valence electrons.